The molecule has 1 fully saturated rings. The molecule has 1 aromatic heterocycles. The number of nitrogens with zero attached hydrogens (tertiary/aromatic N) is 2. The van der Waals surface area contributed by atoms with E-state index >= 15 is 0 Å². The normalized spacial score (nSPS) is 16.7. The summed E-state index contributed by atoms with van der Waals surface area (Å²) in [5.74, 6) is -0.186. The molecule has 152 valence electrons. The van der Waals surface area contributed by atoms with Crippen LogP contribution in [0.3, 0.4) is 0 Å². The first kappa shape index (κ1) is 19.0. The molecule has 3 nitrogen and oxygen atoms in total. The van der Waals surface area contributed by atoms with Gasteiger partial charge in [-0.05, 0) is 34.9 Å². The van der Waals surface area contributed by atoms with Crippen LogP contribution in [0.2, 0.25) is 0 Å². The van der Waals surface area contributed by atoms with Gasteiger partial charge in [0.05, 0.1) is 6.04 Å². The van der Waals surface area contributed by atoms with Crippen molar-refractivity contribution in [1.82, 2.24) is 14.8 Å². The summed E-state index contributed by atoms with van der Waals surface area (Å²) in [6.45, 7) is 4.97. The number of rotatable bonds is 5. The van der Waals surface area contributed by atoms with Crippen LogP contribution in [0.4, 0.5) is 4.39 Å². The zero-order valence-corrected chi connectivity index (χ0v) is 17.0. The summed E-state index contributed by atoms with van der Waals surface area (Å²) in [4.78, 5) is 8.43. The minimum Gasteiger partial charge on any atom is -0.361 e. The fraction of sp³-hybridized carbons (Fsp3) is 0.231. The number of nitrogens with one attached hydrogen (secondary N) is 1. The number of piperazine rings is 1. The predicted molar refractivity (Wildman–Crippen MR) is 120 cm³/mol. The number of halogens is 1. The van der Waals surface area contributed by atoms with E-state index in [-0.39, 0.29) is 11.9 Å². The Hall–Kier alpha value is -2.95. The number of H-pyrrole nitrogens is 1. The third kappa shape index (κ3) is 3.89. The zero-order valence-electron chi connectivity index (χ0n) is 17.0. The molecule has 0 bridgehead atoms. The Morgan fingerprint density at radius 1 is 0.767 bits per heavy atom. The van der Waals surface area contributed by atoms with Gasteiger partial charge in [-0.25, -0.2) is 4.39 Å². The highest BCUT2D eigenvalue weighted by atomic mass is 19.1. The number of hydrogen-bond acceptors (Lipinski definition) is 2. The Labute approximate surface area is 176 Å². The highest BCUT2D eigenvalue weighted by Gasteiger charge is 2.26. The highest BCUT2D eigenvalue weighted by molar-refractivity contribution is 5.82. The molecule has 1 N–H and O–H groups in total. The van der Waals surface area contributed by atoms with E-state index in [1.165, 1.54) is 22.0 Å². The van der Waals surface area contributed by atoms with Crippen molar-refractivity contribution in [3.8, 4) is 0 Å². The largest absolute Gasteiger partial charge is 0.361 e. The summed E-state index contributed by atoms with van der Waals surface area (Å²) in [7, 11) is 0. The first-order chi connectivity index (χ1) is 14.8. The van der Waals surface area contributed by atoms with Crippen LogP contribution in [0, 0.1) is 5.82 Å². The molecule has 4 aromatic rings. The fourth-order valence-corrected chi connectivity index (χ4v) is 4.58. The van der Waals surface area contributed by atoms with Gasteiger partial charge >= 0.3 is 0 Å². The molecule has 5 rings (SSSR count). The van der Waals surface area contributed by atoms with Crippen LogP contribution < -0.4 is 0 Å². The van der Waals surface area contributed by atoms with Crippen LogP contribution in [0.5, 0.6) is 0 Å². The van der Waals surface area contributed by atoms with E-state index in [4.69, 9.17) is 0 Å². The van der Waals surface area contributed by atoms with Crippen molar-refractivity contribution < 1.29 is 4.39 Å². The van der Waals surface area contributed by atoms with Crippen LogP contribution in [0.15, 0.2) is 85.1 Å². The van der Waals surface area contributed by atoms with Crippen molar-refractivity contribution in [3.05, 3.63) is 108 Å². The molecule has 1 aliphatic heterocycles. The summed E-state index contributed by atoms with van der Waals surface area (Å²) >= 11 is 0. The molecule has 3 aromatic carbocycles. The van der Waals surface area contributed by atoms with Crippen LogP contribution in [0.1, 0.15) is 22.7 Å². The number of aromatic nitrogens is 1. The minimum atomic E-state index is -0.186. The van der Waals surface area contributed by atoms with Gasteiger partial charge in [-0.2, -0.15) is 0 Å². The van der Waals surface area contributed by atoms with E-state index in [1.54, 1.807) is 12.1 Å². The maximum Gasteiger partial charge on any atom is 0.123 e. The topological polar surface area (TPSA) is 22.3 Å². The van der Waals surface area contributed by atoms with Crippen molar-refractivity contribution in [1.29, 1.82) is 0 Å². The average molecular weight is 400 g/mol. The van der Waals surface area contributed by atoms with E-state index in [2.05, 4.69) is 69.5 Å². The second kappa shape index (κ2) is 8.42. The molecule has 0 radical (unpaired) electrons. The van der Waals surface area contributed by atoms with E-state index in [0.29, 0.717) is 0 Å². The summed E-state index contributed by atoms with van der Waals surface area (Å²) < 4.78 is 13.5. The molecule has 0 saturated carbocycles. The number of hydrogen-bond donors (Lipinski definition) is 1. The Morgan fingerprint density at radius 3 is 2.20 bits per heavy atom. The maximum absolute atomic E-state index is 13.5. The molecule has 1 saturated heterocycles. The van der Waals surface area contributed by atoms with Crippen molar-refractivity contribution in [2.24, 2.45) is 0 Å². The fourth-order valence-electron chi connectivity index (χ4n) is 4.58. The highest BCUT2D eigenvalue weighted by Crippen LogP contribution is 2.30. The van der Waals surface area contributed by atoms with E-state index in [1.807, 2.05) is 18.2 Å². The van der Waals surface area contributed by atoms with Crippen molar-refractivity contribution in [2.75, 3.05) is 26.2 Å². The molecule has 1 aliphatic rings. The lowest BCUT2D eigenvalue weighted by atomic mass is 9.96. The van der Waals surface area contributed by atoms with Gasteiger partial charge in [-0.3, -0.25) is 9.80 Å². The van der Waals surface area contributed by atoms with Gasteiger partial charge in [-0.1, -0.05) is 60.7 Å². The molecule has 0 unspecified atom stereocenters. The zero-order chi connectivity index (χ0) is 20.3. The molecule has 1 atom stereocenters. The van der Waals surface area contributed by atoms with E-state index in [0.717, 1.165) is 38.3 Å². The van der Waals surface area contributed by atoms with Crippen molar-refractivity contribution in [2.45, 2.75) is 12.6 Å². The predicted octanol–water partition coefficient (Wildman–Crippen LogP) is 5.21. The number of benzene rings is 3. The molecule has 30 heavy (non-hydrogen) atoms. The SMILES string of the molecule is Fc1ccc([C@@H](c2ccccc2)N2CCN(Cc3c[nH]c4ccccc34)CC2)cc1. The second-order valence-corrected chi connectivity index (χ2v) is 8.04. The summed E-state index contributed by atoms with van der Waals surface area (Å²) in [6, 6.07) is 26.2. The van der Waals surface area contributed by atoms with E-state index < -0.39 is 0 Å². The molecule has 4 heteroatoms. The third-order valence-corrected chi connectivity index (χ3v) is 6.14. The quantitative estimate of drug-likeness (QED) is 0.497. The maximum atomic E-state index is 13.5. The van der Waals surface area contributed by atoms with Crippen molar-refractivity contribution >= 4 is 10.9 Å². The molecule has 0 amide bonds. The lowest BCUT2D eigenvalue weighted by Gasteiger charge is -2.39. The van der Waals surface area contributed by atoms with Gasteiger partial charge in [0.25, 0.3) is 0 Å². The van der Waals surface area contributed by atoms with E-state index in [9.17, 15) is 4.39 Å². The first-order valence-corrected chi connectivity index (χ1v) is 10.6. The summed E-state index contributed by atoms with van der Waals surface area (Å²) in [6.07, 6.45) is 2.14. The lowest BCUT2D eigenvalue weighted by molar-refractivity contribution is 0.105. The molecular formula is C26H26FN3. The van der Waals surface area contributed by atoms with Gasteiger partial charge in [0.2, 0.25) is 0 Å². The molecule has 2 heterocycles. The van der Waals surface area contributed by atoms with Gasteiger partial charge in [0.15, 0.2) is 0 Å². The van der Waals surface area contributed by atoms with Gasteiger partial charge < -0.3 is 4.98 Å². The van der Waals surface area contributed by atoms with Crippen LogP contribution in [-0.4, -0.2) is 41.0 Å². The van der Waals surface area contributed by atoms with Crippen LogP contribution >= 0.6 is 0 Å². The number of fused-ring (bicyclic) bond motifs is 1. The Balaban J connectivity index is 1.32. The van der Waals surface area contributed by atoms with Gasteiger partial charge in [0.1, 0.15) is 5.82 Å². The van der Waals surface area contributed by atoms with Gasteiger partial charge in [0, 0.05) is 49.8 Å². The minimum absolute atomic E-state index is 0.155. The Kier molecular flexibility index (Phi) is 5.35. The second-order valence-electron chi connectivity index (χ2n) is 8.04. The van der Waals surface area contributed by atoms with Crippen LogP contribution in [-0.2, 0) is 6.54 Å². The Morgan fingerprint density at radius 2 is 1.43 bits per heavy atom. The molecule has 0 aliphatic carbocycles. The number of aromatic amines is 1. The Bertz CT molecular complexity index is 1100. The summed E-state index contributed by atoms with van der Waals surface area (Å²) in [5.41, 5.74) is 4.96. The average Bonchev–Trinajstić information content (AvgIpc) is 3.20. The summed E-state index contributed by atoms with van der Waals surface area (Å²) in [5, 5.41) is 1.31. The molecular weight excluding hydrogens is 373 g/mol. The third-order valence-electron chi connectivity index (χ3n) is 6.14. The monoisotopic (exact) mass is 399 g/mol. The van der Waals surface area contributed by atoms with Crippen LogP contribution in [0.25, 0.3) is 10.9 Å². The van der Waals surface area contributed by atoms with Crippen molar-refractivity contribution in [3.63, 3.8) is 0 Å². The number of para-hydroxylation sites is 1. The smallest absolute Gasteiger partial charge is 0.123 e. The first-order valence-electron chi connectivity index (χ1n) is 10.6. The standard InChI is InChI=1S/C26H26FN3/c27-23-12-10-21(11-13-23)26(20-6-2-1-3-7-20)30-16-14-29(15-17-30)19-22-18-28-25-9-5-4-8-24(22)25/h1-13,18,26,28H,14-17,19H2/t26-/m1/s1. The van der Waals surface area contributed by atoms with Gasteiger partial charge in [-0.15, -0.1) is 0 Å². The molecule has 0 spiro atoms. The lowest BCUT2D eigenvalue weighted by Crippen LogP contribution is -2.47.